The maximum atomic E-state index is 14.3. The van der Waals surface area contributed by atoms with Crippen LogP contribution in [0.2, 0.25) is 0 Å². The molecule has 0 aliphatic rings. The number of pyridine rings is 1. The number of halogens is 2. The van der Waals surface area contributed by atoms with Gasteiger partial charge in [0.1, 0.15) is 12.4 Å². The molecule has 26 heavy (non-hydrogen) atoms. The van der Waals surface area contributed by atoms with Crippen molar-refractivity contribution in [3.8, 4) is 0 Å². The zero-order valence-corrected chi connectivity index (χ0v) is 15.7. The average Bonchev–Trinajstić information content (AvgIpc) is 3.06. The summed E-state index contributed by atoms with van der Waals surface area (Å²) in [5.74, 6) is -0.575. The lowest BCUT2D eigenvalue weighted by molar-refractivity contribution is 0.0424. The summed E-state index contributed by atoms with van der Waals surface area (Å²) >= 11 is 3.25. The number of hydrogen-bond acceptors (Lipinski definition) is 4. The molecule has 2 heterocycles. The van der Waals surface area contributed by atoms with Gasteiger partial charge in [-0.3, -0.25) is 4.79 Å². The van der Waals surface area contributed by atoms with Crippen LogP contribution in [0.15, 0.2) is 47.3 Å². The molecule has 0 unspecified atom stereocenters. The molecule has 5 nitrogen and oxygen atoms in total. The van der Waals surface area contributed by atoms with Crippen LogP contribution in [0.4, 0.5) is 4.39 Å². The Morgan fingerprint density at radius 1 is 1.38 bits per heavy atom. The van der Waals surface area contributed by atoms with E-state index in [0.29, 0.717) is 21.3 Å². The molecule has 0 fully saturated rings. The summed E-state index contributed by atoms with van der Waals surface area (Å²) in [4.78, 5) is 16.7. The maximum Gasteiger partial charge on any atom is 0.190 e. The number of ether oxygens (including phenoxy) is 1. The molecule has 0 aliphatic carbocycles. The first-order valence-electron chi connectivity index (χ1n) is 8.12. The van der Waals surface area contributed by atoms with E-state index in [9.17, 15) is 14.3 Å². The van der Waals surface area contributed by atoms with E-state index in [1.807, 2.05) is 0 Å². The molecule has 0 saturated heterocycles. The molecule has 2 aromatic heterocycles. The summed E-state index contributed by atoms with van der Waals surface area (Å²) in [6.07, 6.45) is 2.88. The molecule has 7 heteroatoms. The number of carbonyl (C=O) groups excluding carboxylic acids is 1. The van der Waals surface area contributed by atoms with Gasteiger partial charge in [-0.15, -0.1) is 0 Å². The van der Waals surface area contributed by atoms with Crippen molar-refractivity contribution in [3.05, 3.63) is 70.0 Å². The number of ketones is 1. The number of fused-ring (bicyclic) bond motifs is 1. The second-order valence-corrected chi connectivity index (χ2v) is 7.00. The highest BCUT2D eigenvalue weighted by atomic mass is 79.9. The summed E-state index contributed by atoms with van der Waals surface area (Å²) in [6, 6.07) is 8.34. The van der Waals surface area contributed by atoms with Crippen molar-refractivity contribution < 1.29 is 19.0 Å². The summed E-state index contributed by atoms with van der Waals surface area (Å²) in [7, 11) is 0. The largest absolute Gasteiger partial charge is 0.391 e. The van der Waals surface area contributed by atoms with E-state index in [-0.39, 0.29) is 31.2 Å². The SMILES string of the molecule is C[C@H](O)COCC(=O)c1ccc2cncn2c1Cc1ccc(Br)cc1F. The fraction of sp³-hybridized carbons (Fsp3) is 0.263. The van der Waals surface area contributed by atoms with E-state index in [4.69, 9.17) is 4.74 Å². The molecular formula is C19H18BrFN2O3. The van der Waals surface area contributed by atoms with E-state index in [0.717, 1.165) is 5.52 Å². The van der Waals surface area contributed by atoms with Crippen molar-refractivity contribution in [1.82, 2.24) is 9.38 Å². The standard InChI is InChI=1S/C19H18BrFN2O3/c1-12(24)9-26-10-19(25)16-5-4-15-8-22-11-23(15)18(16)6-13-2-3-14(20)7-17(13)21/h2-5,7-8,11-12,24H,6,9-10H2,1H3/t12-/m0/s1. The number of aromatic nitrogens is 2. The smallest absolute Gasteiger partial charge is 0.190 e. The Kier molecular flexibility index (Phi) is 5.80. The molecule has 136 valence electrons. The van der Waals surface area contributed by atoms with Crippen molar-refractivity contribution in [3.63, 3.8) is 0 Å². The predicted molar refractivity (Wildman–Crippen MR) is 98.9 cm³/mol. The maximum absolute atomic E-state index is 14.3. The number of hydrogen-bond donors (Lipinski definition) is 1. The Morgan fingerprint density at radius 2 is 2.19 bits per heavy atom. The van der Waals surface area contributed by atoms with Gasteiger partial charge in [0.05, 0.1) is 30.8 Å². The lowest BCUT2D eigenvalue weighted by atomic mass is 10.0. The number of imidazole rings is 1. The van der Waals surface area contributed by atoms with Crippen LogP contribution in [-0.2, 0) is 11.2 Å². The normalized spacial score (nSPS) is 12.5. The Morgan fingerprint density at radius 3 is 2.92 bits per heavy atom. The van der Waals surface area contributed by atoms with Crippen LogP contribution >= 0.6 is 15.9 Å². The molecule has 0 amide bonds. The first kappa shape index (κ1) is 18.7. The number of Topliss-reactive ketones (excluding diaryl/α,β-unsaturated/α-hetero) is 1. The first-order valence-corrected chi connectivity index (χ1v) is 8.92. The van der Waals surface area contributed by atoms with Gasteiger partial charge in [0, 0.05) is 22.2 Å². The minimum absolute atomic E-state index is 0.0791. The summed E-state index contributed by atoms with van der Waals surface area (Å²) in [6.45, 7) is 1.51. The van der Waals surface area contributed by atoms with E-state index in [1.54, 1.807) is 48.1 Å². The molecule has 0 spiro atoms. The minimum Gasteiger partial charge on any atom is -0.391 e. The second kappa shape index (κ2) is 8.07. The lowest BCUT2D eigenvalue weighted by Gasteiger charge is -2.13. The highest BCUT2D eigenvalue weighted by Gasteiger charge is 2.17. The monoisotopic (exact) mass is 420 g/mol. The molecular weight excluding hydrogens is 403 g/mol. The summed E-state index contributed by atoms with van der Waals surface area (Å²) in [5.41, 5.74) is 2.39. The van der Waals surface area contributed by atoms with Gasteiger partial charge in [-0.2, -0.15) is 0 Å². The molecule has 3 rings (SSSR count). The Balaban J connectivity index is 1.96. The van der Waals surface area contributed by atoms with E-state index >= 15 is 0 Å². The van der Waals surface area contributed by atoms with Crippen molar-refractivity contribution in [1.29, 1.82) is 0 Å². The molecule has 0 saturated carbocycles. The van der Waals surface area contributed by atoms with Crippen LogP contribution in [0, 0.1) is 5.82 Å². The third-order valence-electron chi connectivity index (χ3n) is 3.96. The number of benzene rings is 1. The van der Waals surface area contributed by atoms with Gasteiger partial charge >= 0.3 is 0 Å². The molecule has 1 N–H and O–H groups in total. The van der Waals surface area contributed by atoms with Crippen LogP contribution in [0.3, 0.4) is 0 Å². The van der Waals surface area contributed by atoms with Gasteiger partial charge in [0.2, 0.25) is 0 Å². The highest BCUT2D eigenvalue weighted by Crippen LogP contribution is 2.22. The van der Waals surface area contributed by atoms with Crippen LogP contribution in [-0.4, -0.2) is 39.6 Å². The van der Waals surface area contributed by atoms with Crippen LogP contribution in [0.25, 0.3) is 5.52 Å². The lowest BCUT2D eigenvalue weighted by Crippen LogP contribution is -2.18. The number of nitrogens with zero attached hydrogens (tertiary/aromatic N) is 2. The molecule has 0 aliphatic heterocycles. The van der Waals surface area contributed by atoms with Crippen LogP contribution in [0.1, 0.15) is 28.5 Å². The zero-order chi connectivity index (χ0) is 18.7. The van der Waals surface area contributed by atoms with Gasteiger partial charge < -0.3 is 14.2 Å². The highest BCUT2D eigenvalue weighted by molar-refractivity contribution is 9.10. The van der Waals surface area contributed by atoms with Gasteiger partial charge in [-0.05, 0) is 36.8 Å². The average molecular weight is 421 g/mol. The fourth-order valence-corrected chi connectivity index (χ4v) is 3.06. The third-order valence-corrected chi connectivity index (χ3v) is 4.45. The quantitative estimate of drug-likeness (QED) is 0.594. The van der Waals surface area contributed by atoms with E-state index in [2.05, 4.69) is 20.9 Å². The van der Waals surface area contributed by atoms with Gasteiger partial charge in [-0.1, -0.05) is 22.0 Å². The molecule has 1 aromatic carbocycles. The number of aliphatic hydroxyl groups is 1. The Bertz CT molecular complexity index is 940. The van der Waals surface area contributed by atoms with E-state index < -0.39 is 6.10 Å². The van der Waals surface area contributed by atoms with Gasteiger partial charge in [0.15, 0.2) is 5.78 Å². The third kappa shape index (κ3) is 4.17. The van der Waals surface area contributed by atoms with Crippen molar-refractivity contribution >= 4 is 27.2 Å². The minimum atomic E-state index is -0.643. The fourth-order valence-electron chi connectivity index (χ4n) is 2.73. The summed E-state index contributed by atoms with van der Waals surface area (Å²) < 4.78 is 22.0. The second-order valence-electron chi connectivity index (χ2n) is 6.08. The Hall–Kier alpha value is -2.09. The van der Waals surface area contributed by atoms with Gasteiger partial charge in [-0.25, -0.2) is 9.37 Å². The Labute approximate surface area is 158 Å². The zero-order valence-electron chi connectivity index (χ0n) is 14.2. The number of aliphatic hydroxyl groups excluding tert-OH is 1. The van der Waals surface area contributed by atoms with Gasteiger partial charge in [0.25, 0.3) is 0 Å². The topological polar surface area (TPSA) is 63.8 Å². The van der Waals surface area contributed by atoms with Crippen molar-refractivity contribution in [2.75, 3.05) is 13.2 Å². The first-order chi connectivity index (χ1) is 12.5. The van der Waals surface area contributed by atoms with Crippen LogP contribution in [0.5, 0.6) is 0 Å². The predicted octanol–water partition coefficient (Wildman–Crippen LogP) is 3.41. The molecule has 0 bridgehead atoms. The number of rotatable bonds is 7. The van der Waals surface area contributed by atoms with Crippen molar-refractivity contribution in [2.24, 2.45) is 0 Å². The number of carbonyl (C=O) groups is 1. The molecule has 1 atom stereocenters. The van der Waals surface area contributed by atoms with Crippen LogP contribution < -0.4 is 0 Å². The molecule has 0 radical (unpaired) electrons. The van der Waals surface area contributed by atoms with Crippen molar-refractivity contribution in [2.45, 2.75) is 19.4 Å². The van der Waals surface area contributed by atoms with E-state index in [1.165, 1.54) is 6.07 Å². The molecule has 3 aromatic rings. The summed E-state index contributed by atoms with van der Waals surface area (Å²) in [5, 5.41) is 9.26.